The molecule has 4 aromatic rings. The molecule has 5 heteroatoms. The third-order valence-corrected chi connectivity index (χ3v) is 5.17. The van der Waals surface area contributed by atoms with E-state index in [2.05, 4.69) is 4.98 Å². The number of allylic oxidation sites excluding steroid dienone is 1. The van der Waals surface area contributed by atoms with Crippen molar-refractivity contribution < 1.29 is 18.7 Å². The summed E-state index contributed by atoms with van der Waals surface area (Å²) < 4.78 is 17.0. The summed E-state index contributed by atoms with van der Waals surface area (Å²) in [7, 11) is 0. The van der Waals surface area contributed by atoms with Crippen LogP contribution in [-0.2, 0) is 11.3 Å². The number of ether oxygens (including phenoxy) is 2. The van der Waals surface area contributed by atoms with Crippen molar-refractivity contribution >= 4 is 16.9 Å². The van der Waals surface area contributed by atoms with Gasteiger partial charge in [0.1, 0.15) is 5.75 Å². The lowest BCUT2D eigenvalue weighted by molar-refractivity contribution is 0.00488. The number of furan rings is 1. The van der Waals surface area contributed by atoms with Crippen LogP contribution >= 0.6 is 0 Å². The van der Waals surface area contributed by atoms with Crippen molar-refractivity contribution in [2.75, 3.05) is 6.79 Å². The van der Waals surface area contributed by atoms with E-state index >= 15 is 0 Å². The van der Waals surface area contributed by atoms with E-state index in [-0.39, 0.29) is 12.6 Å². The summed E-state index contributed by atoms with van der Waals surface area (Å²) in [6.07, 6.45) is 6.62. The molecule has 0 saturated carbocycles. The number of aromatic nitrogens is 1. The molecule has 5 nitrogen and oxygen atoms in total. The Bertz CT molecular complexity index is 1230. The van der Waals surface area contributed by atoms with Gasteiger partial charge in [-0.3, -0.25) is 9.78 Å². The summed E-state index contributed by atoms with van der Waals surface area (Å²) in [6, 6.07) is 20.9. The Morgan fingerprint density at radius 1 is 0.871 bits per heavy atom. The molecule has 0 spiro atoms. The maximum Gasteiger partial charge on any atom is 0.195 e. The number of hydrogen-bond acceptors (Lipinski definition) is 5. The third-order valence-electron chi connectivity index (χ3n) is 5.17. The average molecular weight is 409 g/mol. The van der Waals surface area contributed by atoms with Crippen molar-refractivity contribution in [2.24, 2.45) is 0 Å². The van der Waals surface area contributed by atoms with Gasteiger partial charge in [0, 0.05) is 45.8 Å². The topological polar surface area (TPSA) is 61.6 Å². The molecule has 0 amide bonds. The zero-order valence-corrected chi connectivity index (χ0v) is 16.7. The van der Waals surface area contributed by atoms with Crippen LogP contribution in [0.3, 0.4) is 0 Å². The van der Waals surface area contributed by atoms with Crippen LogP contribution in [0.4, 0.5) is 0 Å². The molecular formula is C26H19NO4. The monoisotopic (exact) mass is 409 g/mol. The summed E-state index contributed by atoms with van der Waals surface area (Å²) in [5, 5.41) is 0. The van der Waals surface area contributed by atoms with Crippen LogP contribution in [-0.4, -0.2) is 17.6 Å². The SMILES string of the molecule is O=C1C(c2cccnc2)=C(c2ccoc2)c2c(OCOCc3ccccc3)cccc21. The van der Waals surface area contributed by atoms with Crippen molar-refractivity contribution in [3.63, 3.8) is 0 Å². The van der Waals surface area contributed by atoms with Gasteiger partial charge >= 0.3 is 0 Å². The van der Waals surface area contributed by atoms with Crippen molar-refractivity contribution in [3.05, 3.63) is 119 Å². The fraction of sp³-hybridized carbons (Fsp3) is 0.0769. The van der Waals surface area contributed by atoms with E-state index < -0.39 is 0 Å². The maximum atomic E-state index is 13.4. The van der Waals surface area contributed by atoms with Gasteiger partial charge in [-0.2, -0.15) is 0 Å². The number of rotatable bonds is 7. The molecule has 2 aromatic heterocycles. The predicted octanol–water partition coefficient (Wildman–Crippen LogP) is 5.38. The van der Waals surface area contributed by atoms with Crippen LogP contribution in [0.15, 0.2) is 96.1 Å². The number of nitrogens with zero attached hydrogens (tertiary/aromatic N) is 1. The molecule has 1 aliphatic carbocycles. The Balaban J connectivity index is 1.49. The molecule has 0 unspecified atom stereocenters. The van der Waals surface area contributed by atoms with Gasteiger partial charge in [0.15, 0.2) is 12.6 Å². The van der Waals surface area contributed by atoms with E-state index in [0.717, 1.165) is 27.8 Å². The summed E-state index contributed by atoms with van der Waals surface area (Å²) in [6.45, 7) is 0.514. The molecule has 0 N–H and O–H groups in total. The van der Waals surface area contributed by atoms with Crippen LogP contribution in [0.25, 0.3) is 11.1 Å². The molecule has 0 atom stereocenters. The molecule has 5 rings (SSSR count). The number of Topliss-reactive ketones (excluding diaryl/α,β-unsaturated/α-hetero) is 1. The highest BCUT2D eigenvalue weighted by atomic mass is 16.7. The number of pyridine rings is 1. The van der Waals surface area contributed by atoms with Crippen LogP contribution in [0.5, 0.6) is 5.75 Å². The molecule has 2 aromatic carbocycles. The second-order valence-corrected chi connectivity index (χ2v) is 7.11. The van der Waals surface area contributed by atoms with Crippen molar-refractivity contribution in [1.82, 2.24) is 4.98 Å². The Labute approximate surface area is 179 Å². The lowest BCUT2D eigenvalue weighted by atomic mass is 9.96. The van der Waals surface area contributed by atoms with E-state index in [1.54, 1.807) is 24.9 Å². The lowest BCUT2D eigenvalue weighted by Gasteiger charge is -2.13. The summed E-state index contributed by atoms with van der Waals surface area (Å²) in [5.41, 5.74) is 5.34. The van der Waals surface area contributed by atoms with Crippen LogP contribution in [0.1, 0.15) is 32.6 Å². The van der Waals surface area contributed by atoms with Gasteiger partial charge in [-0.15, -0.1) is 0 Å². The Kier molecular flexibility index (Phi) is 5.17. The molecule has 0 radical (unpaired) electrons. The second-order valence-electron chi connectivity index (χ2n) is 7.11. The Morgan fingerprint density at radius 3 is 2.55 bits per heavy atom. The number of carbonyl (C=O) groups is 1. The standard InChI is InChI=1S/C26H19NO4/c28-26-21-9-4-10-22(31-17-30-15-18-6-2-1-3-7-18)25(21)23(20-11-13-29-16-20)24(26)19-8-5-12-27-14-19/h1-14,16H,15,17H2. The first kappa shape index (κ1) is 19.0. The number of hydrogen-bond donors (Lipinski definition) is 0. The van der Waals surface area contributed by atoms with Crippen LogP contribution in [0.2, 0.25) is 0 Å². The number of fused-ring (bicyclic) bond motifs is 1. The van der Waals surface area contributed by atoms with Gasteiger partial charge in [0.2, 0.25) is 0 Å². The predicted molar refractivity (Wildman–Crippen MR) is 116 cm³/mol. The van der Waals surface area contributed by atoms with Gasteiger partial charge in [-0.25, -0.2) is 0 Å². The zero-order valence-electron chi connectivity index (χ0n) is 16.7. The lowest BCUT2D eigenvalue weighted by Crippen LogP contribution is -2.05. The highest BCUT2D eigenvalue weighted by Gasteiger charge is 2.34. The van der Waals surface area contributed by atoms with Gasteiger partial charge in [-0.05, 0) is 23.8 Å². The Morgan fingerprint density at radius 2 is 1.77 bits per heavy atom. The largest absolute Gasteiger partial charge is 0.472 e. The van der Waals surface area contributed by atoms with E-state index in [1.807, 2.05) is 66.7 Å². The first-order chi connectivity index (χ1) is 15.3. The van der Waals surface area contributed by atoms with Crippen molar-refractivity contribution in [1.29, 1.82) is 0 Å². The van der Waals surface area contributed by atoms with Gasteiger partial charge in [0.25, 0.3) is 0 Å². The molecule has 152 valence electrons. The molecule has 2 heterocycles. The van der Waals surface area contributed by atoms with Gasteiger partial charge in [0.05, 0.1) is 19.1 Å². The molecule has 0 aliphatic heterocycles. The summed E-state index contributed by atoms with van der Waals surface area (Å²) >= 11 is 0. The van der Waals surface area contributed by atoms with Crippen LogP contribution < -0.4 is 4.74 Å². The summed E-state index contributed by atoms with van der Waals surface area (Å²) in [4.78, 5) is 17.6. The molecule has 0 saturated heterocycles. The zero-order chi connectivity index (χ0) is 21.0. The smallest absolute Gasteiger partial charge is 0.195 e. The van der Waals surface area contributed by atoms with E-state index in [4.69, 9.17) is 13.9 Å². The molecule has 31 heavy (non-hydrogen) atoms. The number of ketones is 1. The van der Waals surface area contributed by atoms with Gasteiger partial charge < -0.3 is 13.9 Å². The molecule has 0 bridgehead atoms. The second kappa shape index (κ2) is 8.42. The highest BCUT2D eigenvalue weighted by molar-refractivity contribution is 6.41. The first-order valence-electron chi connectivity index (χ1n) is 9.93. The highest BCUT2D eigenvalue weighted by Crippen LogP contribution is 2.46. The first-order valence-corrected chi connectivity index (χ1v) is 9.93. The molecule has 0 fully saturated rings. The fourth-order valence-electron chi connectivity index (χ4n) is 3.79. The van der Waals surface area contributed by atoms with E-state index in [0.29, 0.717) is 23.5 Å². The minimum absolute atomic E-state index is 0.0603. The van der Waals surface area contributed by atoms with Crippen molar-refractivity contribution in [2.45, 2.75) is 6.61 Å². The van der Waals surface area contributed by atoms with E-state index in [1.165, 1.54) is 0 Å². The maximum absolute atomic E-state index is 13.4. The average Bonchev–Trinajstić information content (AvgIpc) is 3.45. The quantitative estimate of drug-likeness (QED) is 0.303. The molecular weight excluding hydrogens is 390 g/mol. The van der Waals surface area contributed by atoms with Crippen molar-refractivity contribution in [3.8, 4) is 5.75 Å². The summed E-state index contributed by atoms with van der Waals surface area (Å²) in [5.74, 6) is 0.531. The minimum atomic E-state index is -0.0603. The third kappa shape index (κ3) is 3.67. The van der Waals surface area contributed by atoms with E-state index in [9.17, 15) is 4.79 Å². The Hall–Kier alpha value is -3.96. The normalized spacial score (nSPS) is 12.8. The molecule has 1 aliphatic rings. The number of carbonyl (C=O) groups excluding carboxylic acids is 1. The van der Waals surface area contributed by atoms with Gasteiger partial charge in [-0.1, -0.05) is 48.5 Å². The fourth-order valence-corrected chi connectivity index (χ4v) is 3.79. The van der Waals surface area contributed by atoms with Crippen LogP contribution in [0, 0.1) is 0 Å². The minimum Gasteiger partial charge on any atom is -0.472 e. The number of benzene rings is 2.